The molecule has 0 saturated carbocycles. The van der Waals surface area contributed by atoms with Crippen molar-refractivity contribution in [2.75, 3.05) is 10.1 Å². The smallest absolute Gasteiger partial charge is 0.281 e. The van der Waals surface area contributed by atoms with Gasteiger partial charge >= 0.3 is 0 Å². The number of aromatic nitrogens is 2. The molecule has 4 N–H and O–H groups in total. The molecule has 0 aliphatic heterocycles. The Kier molecular flexibility index (Phi) is 3.27. The van der Waals surface area contributed by atoms with Crippen LogP contribution in [0.3, 0.4) is 0 Å². The maximum absolute atomic E-state index is 13.6. The van der Waals surface area contributed by atoms with Gasteiger partial charge < -0.3 is 5.43 Å². The van der Waals surface area contributed by atoms with Crippen LogP contribution in [0.5, 0.6) is 0 Å². The van der Waals surface area contributed by atoms with E-state index in [-0.39, 0.29) is 16.5 Å². The normalized spacial score (nSPS) is 11.7. The summed E-state index contributed by atoms with van der Waals surface area (Å²) in [6.45, 7) is 0. The number of nitrogen functional groups attached to an aromatic ring is 1. The Hall–Kier alpha value is -2.17. The largest absolute Gasteiger partial charge is 0.306 e. The molecule has 3 rings (SSSR count). The number of nitrogens with one attached hydrogen (secondary N) is 2. The summed E-state index contributed by atoms with van der Waals surface area (Å²) < 4.78 is 42.1. The van der Waals surface area contributed by atoms with Crippen molar-refractivity contribution in [3.8, 4) is 0 Å². The van der Waals surface area contributed by atoms with E-state index in [0.29, 0.717) is 4.96 Å². The molecule has 21 heavy (non-hydrogen) atoms. The van der Waals surface area contributed by atoms with E-state index < -0.39 is 15.8 Å². The van der Waals surface area contributed by atoms with Gasteiger partial charge in [-0.1, -0.05) is 12.1 Å². The van der Waals surface area contributed by atoms with Gasteiger partial charge in [-0.25, -0.2) is 10.2 Å². The molecule has 0 atom stereocenters. The van der Waals surface area contributed by atoms with E-state index >= 15 is 0 Å². The minimum atomic E-state index is -4.06. The van der Waals surface area contributed by atoms with Crippen LogP contribution >= 0.6 is 11.3 Å². The van der Waals surface area contributed by atoms with Crippen LogP contribution in [0.2, 0.25) is 0 Å². The first kappa shape index (κ1) is 13.8. The molecule has 3 aromatic rings. The molecule has 0 radical (unpaired) electrons. The molecule has 7 nitrogen and oxygen atoms in total. The van der Waals surface area contributed by atoms with E-state index in [0.717, 1.165) is 6.07 Å². The number of halogens is 1. The molecule has 0 unspecified atom stereocenters. The van der Waals surface area contributed by atoms with Crippen molar-refractivity contribution in [3.63, 3.8) is 0 Å². The number of hydrogen-bond acceptors (Lipinski definition) is 6. The summed E-state index contributed by atoms with van der Waals surface area (Å²) in [7, 11) is -4.06. The first-order valence-electron chi connectivity index (χ1n) is 5.72. The zero-order valence-electron chi connectivity index (χ0n) is 10.4. The summed E-state index contributed by atoms with van der Waals surface area (Å²) in [4.78, 5) is 4.51. The SMILES string of the molecule is NNc1nc2sccn2c1S(=O)(=O)Nc1ccccc1F. The van der Waals surface area contributed by atoms with Crippen molar-refractivity contribution in [1.29, 1.82) is 0 Å². The summed E-state index contributed by atoms with van der Waals surface area (Å²) in [5, 5.41) is 1.51. The number of fused-ring (bicyclic) bond motifs is 1. The zero-order valence-corrected chi connectivity index (χ0v) is 12.1. The Bertz CT molecular complexity index is 902. The third-order valence-electron chi connectivity index (χ3n) is 2.73. The van der Waals surface area contributed by atoms with Crippen LogP contribution in [0.1, 0.15) is 0 Å². The van der Waals surface area contributed by atoms with Crippen molar-refractivity contribution in [2.24, 2.45) is 5.84 Å². The molecule has 0 amide bonds. The Morgan fingerprint density at radius 2 is 2.10 bits per heavy atom. The number of imidazole rings is 1. The molecular formula is C11H10FN5O2S2. The van der Waals surface area contributed by atoms with Gasteiger partial charge in [-0.2, -0.15) is 13.4 Å². The van der Waals surface area contributed by atoms with Crippen LogP contribution in [0.4, 0.5) is 15.9 Å². The highest BCUT2D eigenvalue weighted by atomic mass is 32.2. The van der Waals surface area contributed by atoms with Crippen LogP contribution in [0.25, 0.3) is 4.96 Å². The average molecular weight is 327 g/mol. The number of hydrogen-bond donors (Lipinski definition) is 3. The molecule has 0 aliphatic carbocycles. The third-order valence-corrected chi connectivity index (χ3v) is 4.87. The lowest BCUT2D eigenvalue weighted by atomic mass is 10.3. The van der Waals surface area contributed by atoms with E-state index in [2.05, 4.69) is 15.1 Å². The number of nitrogens with zero attached hydrogens (tertiary/aromatic N) is 2. The fourth-order valence-corrected chi connectivity index (χ4v) is 3.94. The number of nitrogens with two attached hydrogens (primary N) is 1. The van der Waals surface area contributed by atoms with Gasteiger partial charge in [-0.15, -0.1) is 11.3 Å². The maximum atomic E-state index is 13.6. The standard InChI is InChI=1S/C11H10FN5O2S2/c12-7-3-1-2-4-8(7)16-21(18,19)10-9(15-13)14-11-17(10)5-6-20-11/h1-6,15-16H,13H2. The number of anilines is 2. The number of sulfonamides is 1. The Labute approximate surface area is 123 Å². The van der Waals surface area contributed by atoms with Gasteiger partial charge in [0.1, 0.15) is 5.82 Å². The van der Waals surface area contributed by atoms with E-state index in [1.807, 2.05) is 0 Å². The van der Waals surface area contributed by atoms with Crippen molar-refractivity contribution < 1.29 is 12.8 Å². The van der Waals surface area contributed by atoms with Crippen molar-refractivity contribution in [2.45, 2.75) is 5.03 Å². The first-order chi connectivity index (χ1) is 10.0. The zero-order chi connectivity index (χ0) is 15.0. The molecular weight excluding hydrogens is 317 g/mol. The molecule has 0 spiro atoms. The number of para-hydroxylation sites is 1. The Morgan fingerprint density at radius 1 is 1.33 bits per heavy atom. The Morgan fingerprint density at radius 3 is 2.81 bits per heavy atom. The predicted octanol–water partition coefficient (Wildman–Crippen LogP) is 1.62. The maximum Gasteiger partial charge on any atom is 0.281 e. The number of rotatable bonds is 4. The first-order valence-corrected chi connectivity index (χ1v) is 8.09. The number of benzene rings is 1. The van der Waals surface area contributed by atoms with E-state index in [1.54, 1.807) is 11.6 Å². The predicted molar refractivity (Wildman–Crippen MR) is 78.1 cm³/mol. The molecule has 10 heteroatoms. The van der Waals surface area contributed by atoms with Crippen LogP contribution in [0, 0.1) is 5.82 Å². The van der Waals surface area contributed by atoms with Crippen LogP contribution in [-0.4, -0.2) is 17.8 Å². The molecule has 110 valence electrons. The number of hydrazine groups is 1. The van der Waals surface area contributed by atoms with E-state index in [1.165, 1.54) is 33.9 Å². The molecule has 0 aliphatic rings. The lowest BCUT2D eigenvalue weighted by Crippen LogP contribution is -2.19. The minimum absolute atomic E-state index is 0.00862. The highest BCUT2D eigenvalue weighted by Crippen LogP contribution is 2.27. The fourth-order valence-electron chi connectivity index (χ4n) is 1.85. The average Bonchev–Trinajstić information content (AvgIpc) is 3.00. The van der Waals surface area contributed by atoms with E-state index in [9.17, 15) is 12.8 Å². The highest BCUT2D eigenvalue weighted by molar-refractivity contribution is 7.92. The van der Waals surface area contributed by atoms with Gasteiger partial charge in [0.15, 0.2) is 10.8 Å². The van der Waals surface area contributed by atoms with Crippen LogP contribution < -0.4 is 16.0 Å². The van der Waals surface area contributed by atoms with Gasteiger partial charge in [-0.05, 0) is 12.1 Å². The van der Waals surface area contributed by atoms with Crippen LogP contribution in [0.15, 0.2) is 40.9 Å². The van der Waals surface area contributed by atoms with Gasteiger partial charge in [0, 0.05) is 11.6 Å². The molecule has 0 fully saturated rings. The summed E-state index contributed by atoms with van der Waals surface area (Å²) in [6.07, 6.45) is 1.55. The topological polar surface area (TPSA) is 102 Å². The molecule has 0 saturated heterocycles. The lowest BCUT2D eigenvalue weighted by Gasteiger charge is -2.09. The second-order valence-corrected chi connectivity index (χ2v) is 6.52. The van der Waals surface area contributed by atoms with Crippen molar-refractivity contribution in [3.05, 3.63) is 41.7 Å². The van der Waals surface area contributed by atoms with Gasteiger partial charge in [0.05, 0.1) is 5.69 Å². The second-order valence-electron chi connectivity index (χ2n) is 4.05. The minimum Gasteiger partial charge on any atom is -0.306 e. The molecule has 0 bridgehead atoms. The second kappa shape index (κ2) is 4.98. The fraction of sp³-hybridized carbons (Fsp3) is 0. The molecule has 1 aromatic carbocycles. The van der Waals surface area contributed by atoms with Crippen molar-refractivity contribution in [1.82, 2.24) is 9.38 Å². The third kappa shape index (κ3) is 2.33. The van der Waals surface area contributed by atoms with E-state index in [4.69, 9.17) is 5.84 Å². The molecule has 2 aromatic heterocycles. The summed E-state index contributed by atoms with van der Waals surface area (Å²) in [5.74, 6) is 4.63. The number of thiazole rings is 1. The quantitative estimate of drug-likeness (QED) is 0.499. The van der Waals surface area contributed by atoms with Gasteiger partial charge in [0.2, 0.25) is 5.03 Å². The van der Waals surface area contributed by atoms with Gasteiger partial charge in [-0.3, -0.25) is 9.12 Å². The monoisotopic (exact) mass is 327 g/mol. The summed E-state index contributed by atoms with van der Waals surface area (Å²) in [6, 6.07) is 5.49. The van der Waals surface area contributed by atoms with Crippen molar-refractivity contribution >= 4 is 37.8 Å². The van der Waals surface area contributed by atoms with Gasteiger partial charge in [0.25, 0.3) is 10.0 Å². The Balaban J connectivity index is 2.12. The highest BCUT2D eigenvalue weighted by Gasteiger charge is 2.26. The summed E-state index contributed by atoms with van der Waals surface area (Å²) >= 11 is 1.25. The summed E-state index contributed by atoms with van der Waals surface area (Å²) in [5.41, 5.74) is 2.09. The lowest BCUT2D eigenvalue weighted by molar-refractivity contribution is 0.594. The molecule has 2 heterocycles. The van der Waals surface area contributed by atoms with Crippen LogP contribution in [-0.2, 0) is 10.0 Å².